The van der Waals surface area contributed by atoms with Gasteiger partial charge < -0.3 is 20.5 Å². The summed E-state index contributed by atoms with van der Waals surface area (Å²) in [5, 5.41) is 13.6. The second-order valence-corrected chi connectivity index (χ2v) is 7.06. The molecule has 2 heterocycles. The highest BCUT2D eigenvalue weighted by Crippen LogP contribution is 2.30. The van der Waals surface area contributed by atoms with Crippen LogP contribution in [0.25, 0.3) is 16.9 Å². The Morgan fingerprint density at radius 3 is 2.72 bits per heavy atom. The zero-order valence-electron chi connectivity index (χ0n) is 17.2. The minimum Gasteiger partial charge on any atom is -0.496 e. The van der Waals surface area contributed by atoms with E-state index in [9.17, 15) is 9.90 Å². The standard InChI is InChI=1S/C21H27N5O3/c1-5-25(10-11-27)21(28)15-12-14(6-7-17(15)29-4)16-8-9-26-20(23-16)18(13(2)3)19(22)24-26/h6-9,12-13,27H,5,10-11H2,1-4H3,(H2,22,24). The number of nitrogen functional groups attached to an aromatic ring is 1. The summed E-state index contributed by atoms with van der Waals surface area (Å²) < 4.78 is 7.06. The highest BCUT2D eigenvalue weighted by atomic mass is 16.5. The van der Waals surface area contributed by atoms with Crippen molar-refractivity contribution < 1.29 is 14.6 Å². The number of aliphatic hydroxyl groups is 1. The molecular formula is C21H27N5O3. The topological polar surface area (TPSA) is 106 Å². The lowest BCUT2D eigenvalue weighted by molar-refractivity contribution is 0.0728. The number of carbonyl (C=O) groups is 1. The number of likely N-dealkylation sites (N-methyl/N-ethyl adjacent to an activating group) is 1. The molecule has 8 heteroatoms. The maximum atomic E-state index is 13.0. The van der Waals surface area contributed by atoms with Gasteiger partial charge in [0, 0.05) is 30.4 Å². The molecule has 0 aliphatic carbocycles. The van der Waals surface area contributed by atoms with Crippen LogP contribution < -0.4 is 10.5 Å². The third-order valence-electron chi connectivity index (χ3n) is 4.89. The van der Waals surface area contributed by atoms with E-state index in [0.717, 1.165) is 11.1 Å². The number of anilines is 1. The summed E-state index contributed by atoms with van der Waals surface area (Å²) in [4.78, 5) is 19.3. The van der Waals surface area contributed by atoms with Crippen LogP contribution in [0.3, 0.4) is 0 Å². The minimum absolute atomic E-state index is 0.0968. The molecule has 1 aromatic carbocycles. The van der Waals surface area contributed by atoms with Crippen molar-refractivity contribution >= 4 is 17.4 Å². The Bertz CT molecular complexity index is 1030. The lowest BCUT2D eigenvalue weighted by atomic mass is 10.0. The van der Waals surface area contributed by atoms with Crippen molar-refractivity contribution in [2.45, 2.75) is 26.7 Å². The first-order valence-electron chi connectivity index (χ1n) is 9.64. The number of hydrogen-bond donors (Lipinski definition) is 2. The monoisotopic (exact) mass is 397 g/mol. The number of aromatic nitrogens is 3. The van der Waals surface area contributed by atoms with E-state index < -0.39 is 0 Å². The molecule has 0 saturated carbocycles. The Balaban J connectivity index is 2.10. The number of rotatable bonds is 7. The molecule has 1 amide bonds. The van der Waals surface area contributed by atoms with Gasteiger partial charge in [-0.05, 0) is 37.1 Å². The van der Waals surface area contributed by atoms with Gasteiger partial charge in [-0.2, -0.15) is 0 Å². The van der Waals surface area contributed by atoms with Crippen LogP contribution in [0.2, 0.25) is 0 Å². The molecule has 3 rings (SSSR count). The molecule has 0 unspecified atom stereocenters. The van der Waals surface area contributed by atoms with Gasteiger partial charge in [0.15, 0.2) is 11.5 Å². The molecular weight excluding hydrogens is 370 g/mol. The number of fused-ring (bicyclic) bond motifs is 1. The van der Waals surface area contributed by atoms with Crippen LogP contribution in [0.15, 0.2) is 30.5 Å². The maximum Gasteiger partial charge on any atom is 0.257 e. The number of amides is 1. The Morgan fingerprint density at radius 2 is 2.10 bits per heavy atom. The SMILES string of the molecule is CCN(CCO)C(=O)c1cc(-c2ccn3nc(N)c(C(C)C)c3n2)ccc1OC. The molecule has 0 spiro atoms. The zero-order valence-corrected chi connectivity index (χ0v) is 17.2. The smallest absolute Gasteiger partial charge is 0.257 e. The second-order valence-electron chi connectivity index (χ2n) is 7.06. The predicted molar refractivity (Wildman–Crippen MR) is 112 cm³/mol. The average Bonchev–Trinajstić information content (AvgIpc) is 3.06. The van der Waals surface area contributed by atoms with Gasteiger partial charge >= 0.3 is 0 Å². The van der Waals surface area contributed by atoms with E-state index in [0.29, 0.717) is 35.0 Å². The van der Waals surface area contributed by atoms with Crippen molar-refractivity contribution in [1.82, 2.24) is 19.5 Å². The van der Waals surface area contributed by atoms with E-state index in [1.165, 1.54) is 7.11 Å². The second kappa shape index (κ2) is 8.48. The number of carbonyl (C=O) groups excluding carboxylic acids is 1. The van der Waals surface area contributed by atoms with Gasteiger partial charge in [-0.25, -0.2) is 9.50 Å². The predicted octanol–water partition coefficient (Wildman–Crippen LogP) is 2.56. The molecule has 0 atom stereocenters. The van der Waals surface area contributed by atoms with E-state index in [-0.39, 0.29) is 25.0 Å². The fourth-order valence-corrected chi connectivity index (χ4v) is 3.41. The Labute approximate surface area is 169 Å². The van der Waals surface area contributed by atoms with Crippen LogP contribution >= 0.6 is 0 Å². The van der Waals surface area contributed by atoms with Crippen LogP contribution in [0.1, 0.15) is 42.6 Å². The van der Waals surface area contributed by atoms with Crippen LogP contribution in [-0.4, -0.2) is 57.3 Å². The van der Waals surface area contributed by atoms with Gasteiger partial charge in [0.1, 0.15) is 5.75 Å². The normalized spacial score (nSPS) is 11.2. The third kappa shape index (κ3) is 3.88. The van der Waals surface area contributed by atoms with Crippen LogP contribution in [-0.2, 0) is 0 Å². The van der Waals surface area contributed by atoms with E-state index in [4.69, 9.17) is 15.5 Å². The lowest BCUT2D eigenvalue weighted by Gasteiger charge is -2.21. The average molecular weight is 397 g/mol. The molecule has 0 aliphatic rings. The van der Waals surface area contributed by atoms with Crippen molar-refractivity contribution in [1.29, 1.82) is 0 Å². The number of methoxy groups -OCH3 is 1. The Kier molecular flexibility index (Phi) is 6.03. The number of hydrogen-bond acceptors (Lipinski definition) is 6. The van der Waals surface area contributed by atoms with Crippen LogP contribution in [0.4, 0.5) is 5.82 Å². The largest absolute Gasteiger partial charge is 0.496 e. The van der Waals surface area contributed by atoms with Crippen molar-refractivity contribution in [3.63, 3.8) is 0 Å². The number of nitrogens with two attached hydrogens (primary N) is 1. The van der Waals surface area contributed by atoms with Crippen molar-refractivity contribution in [3.8, 4) is 17.0 Å². The van der Waals surface area contributed by atoms with E-state index in [1.54, 1.807) is 21.5 Å². The van der Waals surface area contributed by atoms with Gasteiger partial charge in [-0.3, -0.25) is 4.79 Å². The molecule has 0 bridgehead atoms. The number of benzene rings is 1. The van der Waals surface area contributed by atoms with Crippen molar-refractivity contribution in [3.05, 3.63) is 41.6 Å². The van der Waals surface area contributed by atoms with Crippen molar-refractivity contribution in [2.24, 2.45) is 0 Å². The molecule has 2 aromatic heterocycles. The summed E-state index contributed by atoms with van der Waals surface area (Å²) in [6.45, 7) is 6.62. The number of nitrogens with zero attached hydrogens (tertiary/aromatic N) is 4. The number of aliphatic hydroxyl groups excluding tert-OH is 1. The Morgan fingerprint density at radius 1 is 1.34 bits per heavy atom. The molecule has 0 radical (unpaired) electrons. The first-order valence-corrected chi connectivity index (χ1v) is 9.64. The van der Waals surface area contributed by atoms with E-state index in [1.807, 2.05) is 39.1 Å². The molecule has 154 valence electrons. The summed E-state index contributed by atoms with van der Waals surface area (Å²) in [7, 11) is 1.53. The van der Waals surface area contributed by atoms with Crippen LogP contribution in [0, 0.1) is 0 Å². The molecule has 3 aromatic rings. The summed E-state index contributed by atoms with van der Waals surface area (Å²) in [5.41, 5.74) is 9.59. The molecule has 0 fully saturated rings. The molecule has 0 saturated heterocycles. The van der Waals surface area contributed by atoms with Gasteiger partial charge in [-0.1, -0.05) is 13.8 Å². The fourth-order valence-electron chi connectivity index (χ4n) is 3.41. The van der Waals surface area contributed by atoms with Gasteiger partial charge in [0.25, 0.3) is 5.91 Å². The lowest BCUT2D eigenvalue weighted by Crippen LogP contribution is -2.33. The summed E-state index contributed by atoms with van der Waals surface area (Å²) in [5.74, 6) is 0.933. The van der Waals surface area contributed by atoms with Gasteiger partial charge in [0.05, 0.1) is 25.0 Å². The van der Waals surface area contributed by atoms with Gasteiger partial charge in [-0.15, -0.1) is 5.10 Å². The third-order valence-corrected chi connectivity index (χ3v) is 4.89. The first kappa shape index (κ1) is 20.6. The van der Waals surface area contributed by atoms with E-state index >= 15 is 0 Å². The number of ether oxygens (including phenoxy) is 1. The summed E-state index contributed by atoms with van der Waals surface area (Å²) in [6.07, 6.45) is 1.82. The zero-order chi connectivity index (χ0) is 21.1. The molecule has 8 nitrogen and oxygen atoms in total. The van der Waals surface area contributed by atoms with Crippen molar-refractivity contribution in [2.75, 3.05) is 32.5 Å². The molecule has 29 heavy (non-hydrogen) atoms. The fraction of sp³-hybridized carbons (Fsp3) is 0.381. The van der Waals surface area contributed by atoms with E-state index in [2.05, 4.69) is 5.10 Å². The first-order chi connectivity index (χ1) is 13.9. The highest BCUT2D eigenvalue weighted by molar-refractivity contribution is 5.98. The minimum atomic E-state index is -0.196. The summed E-state index contributed by atoms with van der Waals surface area (Å²) in [6, 6.07) is 7.24. The van der Waals surface area contributed by atoms with Gasteiger partial charge in [0.2, 0.25) is 0 Å². The molecule has 3 N–H and O–H groups in total. The summed E-state index contributed by atoms with van der Waals surface area (Å²) >= 11 is 0. The Hall–Kier alpha value is -3.13. The quantitative estimate of drug-likeness (QED) is 0.635. The maximum absolute atomic E-state index is 13.0. The van der Waals surface area contributed by atoms with Crippen LogP contribution in [0.5, 0.6) is 5.75 Å². The molecule has 0 aliphatic heterocycles. The highest BCUT2D eigenvalue weighted by Gasteiger charge is 2.20.